The molecule has 4 rings (SSSR count). The number of para-hydroxylation sites is 2. The molecule has 0 bridgehead atoms. The molecule has 1 unspecified atom stereocenters. The highest BCUT2D eigenvalue weighted by Crippen LogP contribution is 2.34. The molecule has 0 spiro atoms. The van der Waals surface area contributed by atoms with Crippen LogP contribution >= 0.6 is 0 Å². The predicted octanol–water partition coefficient (Wildman–Crippen LogP) is 3.44. The molecular weight excluding hydrogens is 400 g/mol. The summed E-state index contributed by atoms with van der Waals surface area (Å²) in [7, 11) is -3.66. The third-order valence-corrected chi connectivity index (χ3v) is 8.10. The van der Waals surface area contributed by atoms with Crippen molar-refractivity contribution in [3.63, 3.8) is 0 Å². The first-order chi connectivity index (χ1) is 14.3. The first kappa shape index (κ1) is 20.9. The Morgan fingerprint density at radius 1 is 1.07 bits per heavy atom. The molecule has 2 aromatic carbocycles. The average molecular weight is 429 g/mol. The second-order valence-corrected chi connectivity index (χ2v) is 10.1. The Morgan fingerprint density at radius 3 is 2.50 bits per heavy atom. The summed E-state index contributed by atoms with van der Waals surface area (Å²) in [5, 5.41) is 0. The molecule has 2 aromatic rings. The quantitative estimate of drug-likeness (QED) is 0.751. The van der Waals surface area contributed by atoms with Gasteiger partial charge in [-0.15, -0.1) is 0 Å². The van der Waals surface area contributed by atoms with Crippen molar-refractivity contribution in [3.8, 4) is 5.75 Å². The van der Waals surface area contributed by atoms with Crippen molar-refractivity contribution in [1.82, 2.24) is 4.31 Å². The standard InChI is InChI=1S/C23H28N2O4S/c1-16-13-17(2)22(18(3)14-16)30(27,28)24-10-6-7-19(15-24)23(26)25-11-12-29-21-9-5-4-8-20(21)25/h4-5,8-9,13-14,19H,6-7,10-12,15H2,1-3H3. The molecule has 1 amide bonds. The van der Waals surface area contributed by atoms with Gasteiger partial charge in [0.05, 0.1) is 23.0 Å². The number of hydrogen-bond acceptors (Lipinski definition) is 4. The molecule has 2 aliphatic heterocycles. The number of carbonyl (C=O) groups excluding carboxylic acids is 1. The van der Waals surface area contributed by atoms with Crippen LogP contribution in [0.3, 0.4) is 0 Å². The van der Waals surface area contributed by atoms with Crippen LogP contribution in [0.1, 0.15) is 29.5 Å². The van der Waals surface area contributed by atoms with Crippen LogP contribution in [0, 0.1) is 26.7 Å². The topological polar surface area (TPSA) is 66.9 Å². The Balaban J connectivity index is 1.59. The SMILES string of the molecule is Cc1cc(C)c(S(=O)(=O)N2CCCC(C(=O)N3CCOc4ccccc43)C2)c(C)c1. The summed E-state index contributed by atoms with van der Waals surface area (Å²) in [6.07, 6.45) is 1.36. The Kier molecular flexibility index (Phi) is 5.59. The van der Waals surface area contributed by atoms with Crippen LogP contribution in [-0.4, -0.2) is 44.9 Å². The summed E-state index contributed by atoms with van der Waals surface area (Å²) in [5.41, 5.74) is 3.31. The molecule has 30 heavy (non-hydrogen) atoms. The van der Waals surface area contributed by atoms with E-state index in [2.05, 4.69) is 0 Å². The summed E-state index contributed by atoms with van der Waals surface area (Å²) in [5.74, 6) is 0.317. The second kappa shape index (κ2) is 8.04. The number of fused-ring (bicyclic) bond motifs is 1. The Labute approximate surface area is 178 Å². The largest absolute Gasteiger partial charge is 0.490 e. The van der Waals surface area contributed by atoms with Gasteiger partial charge in [-0.1, -0.05) is 29.8 Å². The van der Waals surface area contributed by atoms with E-state index in [9.17, 15) is 13.2 Å². The number of sulfonamides is 1. The number of carbonyl (C=O) groups is 1. The minimum absolute atomic E-state index is 0.0250. The summed E-state index contributed by atoms with van der Waals surface area (Å²) in [6, 6.07) is 11.3. The van der Waals surface area contributed by atoms with Crippen LogP contribution in [0.5, 0.6) is 5.75 Å². The highest BCUT2D eigenvalue weighted by Gasteiger charge is 2.37. The van der Waals surface area contributed by atoms with E-state index in [0.717, 1.165) is 22.4 Å². The van der Waals surface area contributed by atoms with Gasteiger partial charge in [0.1, 0.15) is 12.4 Å². The van der Waals surface area contributed by atoms with Gasteiger partial charge in [-0.2, -0.15) is 4.31 Å². The maximum absolute atomic E-state index is 13.5. The molecular formula is C23H28N2O4S. The van der Waals surface area contributed by atoms with E-state index < -0.39 is 10.0 Å². The van der Waals surface area contributed by atoms with Gasteiger partial charge >= 0.3 is 0 Å². The fourth-order valence-corrected chi connectivity index (χ4v) is 6.62. The molecule has 0 saturated carbocycles. The van der Waals surface area contributed by atoms with E-state index in [1.807, 2.05) is 57.2 Å². The van der Waals surface area contributed by atoms with Gasteiger partial charge in [0.25, 0.3) is 0 Å². The van der Waals surface area contributed by atoms with Gasteiger partial charge < -0.3 is 9.64 Å². The third kappa shape index (κ3) is 3.72. The smallest absolute Gasteiger partial charge is 0.243 e. The van der Waals surface area contributed by atoms with Gasteiger partial charge in [0.2, 0.25) is 15.9 Å². The molecule has 1 saturated heterocycles. The molecule has 0 radical (unpaired) electrons. The van der Waals surface area contributed by atoms with Gasteiger partial charge in [-0.3, -0.25) is 4.79 Å². The van der Waals surface area contributed by atoms with Crippen molar-refractivity contribution in [2.75, 3.05) is 31.1 Å². The maximum atomic E-state index is 13.5. The lowest BCUT2D eigenvalue weighted by Gasteiger charge is -2.36. The number of amides is 1. The Bertz CT molecular complexity index is 1060. The van der Waals surface area contributed by atoms with Crippen molar-refractivity contribution in [3.05, 3.63) is 53.1 Å². The minimum Gasteiger partial charge on any atom is -0.490 e. The number of benzene rings is 2. The summed E-state index contributed by atoms with van der Waals surface area (Å²) >= 11 is 0. The molecule has 2 heterocycles. The number of aryl methyl sites for hydroxylation is 3. The number of hydrogen-bond donors (Lipinski definition) is 0. The predicted molar refractivity (Wildman–Crippen MR) is 116 cm³/mol. The van der Waals surface area contributed by atoms with Crippen molar-refractivity contribution in [1.29, 1.82) is 0 Å². The van der Waals surface area contributed by atoms with Crippen molar-refractivity contribution in [2.45, 2.75) is 38.5 Å². The molecule has 160 valence electrons. The lowest BCUT2D eigenvalue weighted by atomic mass is 9.97. The molecule has 0 N–H and O–H groups in total. The highest BCUT2D eigenvalue weighted by atomic mass is 32.2. The lowest BCUT2D eigenvalue weighted by Crippen LogP contribution is -2.48. The van der Waals surface area contributed by atoms with Crippen LogP contribution in [0.2, 0.25) is 0 Å². The van der Waals surface area contributed by atoms with E-state index >= 15 is 0 Å². The second-order valence-electron chi connectivity index (χ2n) is 8.24. The first-order valence-corrected chi connectivity index (χ1v) is 11.8. The maximum Gasteiger partial charge on any atom is 0.243 e. The Morgan fingerprint density at radius 2 is 1.77 bits per heavy atom. The van der Waals surface area contributed by atoms with Gasteiger partial charge in [0, 0.05) is 13.1 Å². The van der Waals surface area contributed by atoms with E-state index in [-0.39, 0.29) is 18.4 Å². The lowest BCUT2D eigenvalue weighted by molar-refractivity contribution is -0.123. The normalized spacial score (nSPS) is 19.8. The molecule has 1 fully saturated rings. The number of nitrogens with zero attached hydrogens (tertiary/aromatic N) is 2. The number of ether oxygens (including phenoxy) is 1. The van der Waals surface area contributed by atoms with Gasteiger partial charge in [-0.25, -0.2) is 8.42 Å². The Hall–Kier alpha value is -2.38. The molecule has 6 nitrogen and oxygen atoms in total. The molecule has 7 heteroatoms. The van der Waals surface area contributed by atoms with Crippen LogP contribution in [0.15, 0.2) is 41.3 Å². The fraction of sp³-hybridized carbons (Fsp3) is 0.435. The zero-order chi connectivity index (χ0) is 21.5. The fourth-order valence-electron chi connectivity index (χ4n) is 4.68. The molecule has 1 atom stereocenters. The van der Waals surface area contributed by atoms with Crippen LogP contribution in [-0.2, 0) is 14.8 Å². The number of anilines is 1. The van der Waals surface area contributed by atoms with Crippen molar-refractivity contribution < 1.29 is 17.9 Å². The van der Waals surface area contributed by atoms with Crippen LogP contribution in [0.4, 0.5) is 5.69 Å². The number of piperidine rings is 1. The summed E-state index contributed by atoms with van der Waals surface area (Å²) in [4.78, 5) is 15.5. The van der Waals surface area contributed by atoms with Gasteiger partial charge in [-0.05, 0) is 56.9 Å². The molecule has 0 aliphatic carbocycles. The zero-order valence-corrected chi connectivity index (χ0v) is 18.5. The van der Waals surface area contributed by atoms with Crippen molar-refractivity contribution >= 4 is 21.6 Å². The first-order valence-electron chi connectivity index (χ1n) is 10.4. The summed E-state index contributed by atoms with van der Waals surface area (Å²) < 4.78 is 34.1. The van der Waals surface area contributed by atoms with Crippen LogP contribution in [0.25, 0.3) is 0 Å². The van der Waals surface area contributed by atoms with E-state index in [4.69, 9.17) is 4.74 Å². The number of rotatable bonds is 3. The average Bonchev–Trinajstić information content (AvgIpc) is 2.72. The van der Waals surface area contributed by atoms with Crippen LogP contribution < -0.4 is 9.64 Å². The monoisotopic (exact) mass is 428 g/mol. The molecule has 2 aliphatic rings. The van der Waals surface area contributed by atoms with E-state index in [1.54, 1.807) is 4.90 Å². The van der Waals surface area contributed by atoms with E-state index in [0.29, 0.717) is 43.2 Å². The zero-order valence-electron chi connectivity index (χ0n) is 17.7. The molecule has 0 aromatic heterocycles. The van der Waals surface area contributed by atoms with E-state index in [1.165, 1.54) is 4.31 Å². The minimum atomic E-state index is -3.66. The van der Waals surface area contributed by atoms with Gasteiger partial charge in [0.15, 0.2) is 0 Å². The third-order valence-electron chi connectivity index (χ3n) is 5.93. The highest BCUT2D eigenvalue weighted by molar-refractivity contribution is 7.89. The summed E-state index contributed by atoms with van der Waals surface area (Å²) in [6.45, 7) is 7.22. The van der Waals surface area contributed by atoms with Crippen molar-refractivity contribution in [2.24, 2.45) is 5.92 Å².